The van der Waals surface area contributed by atoms with E-state index in [1.807, 2.05) is 0 Å². The first kappa shape index (κ1) is 13.0. The molecule has 1 heterocycles. The molecule has 3 nitrogen and oxygen atoms in total. The summed E-state index contributed by atoms with van der Waals surface area (Å²) >= 11 is 0. The van der Waals surface area contributed by atoms with Gasteiger partial charge in [0.15, 0.2) is 0 Å². The lowest BCUT2D eigenvalue weighted by Crippen LogP contribution is -2.22. The van der Waals surface area contributed by atoms with Gasteiger partial charge >= 0.3 is 0 Å². The number of imidazole rings is 1. The summed E-state index contributed by atoms with van der Waals surface area (Å²) in [6.45, 7) is 8.12. The number of nitrogens with one attached hydrogen (secondary N) is 1. The van der Waals surface area contributed by atoms with E-state index in [4.69, 9.17) is 0 Å². The van der Waals surface area contributed by atoms with E-state index in [0.717, 1.165) is 36.4 Å². The van der Waals surface area contributed by atoms with Crippen molar-refractivity contribution < 1.29 is 4.39 Å². The Balaban J connectivity index is 2.43. The monoisotopic (exact) mass is 249 g/mol. The molecular formula is C14H20FN3. The SMILES string of the molecule is CCCNC(C)c1nc2cc(F)ccc2n1CC. The number of halogens is 1. The van der Waals surface area contributed by atoms with Gasteiger partial charge in [-0.2, -0.15) is 0 Å². The molecule has 18 heavy (non-hydrogen) atoms. The molecule has 2 rings (SSSR count). The fourth-order valence-corrected chi connectivity index (χ4v) is 2.24. The van der Waals surface area contributed by atoms with Crippen molar-refractivity contribution in [1.82, 2.24) is 14.9 Å². The minimum Gasteiger partial charge on any atom is -0.327 e. The summed E-state index contributed by atoms with van der Waals surface area (Å²) in [4.78, 5) is 4.56. The first-order valence-electron chi connectivity index (χ1n) is 6.56. The molecule has 4 heteroatoms. The molecule has 0 amide bonds. The summed E-state index contributed by atoms with van der Waals surface area (Å²) in [5.41, 5.74) is 1.73. The van der Waals surface area contributed by atoms with Crippen LogP contribution in [0.3, 0.4) is 0 Å². The van der Waals surface area contributed by atoms with Gasteiger partial charge in [-0.15, -0.1) is 0 Å². The Morgan fingerprint density at radius 2 is 2.17 bits per heavy atom. The Bertz CT molecular complexity index is 533. The van der Waals surface area contributed by atoms with Crippen LogP contribution in [0.5, 0.6) is 0 Å². The summed E-state index contributed by atoms with van der Waals surface area (Å²) in [7, 11) is 0. The molecule has 1 atom stereocenters. The Kier molecular flexibility index (Phi) is 3.97. The van der Waals surface area contributed by atoms with Crippen molar-refractivity contribution in [2.75, 3.05) is 6.54 Å². The standard InChI is InChI=1S/C14H20FN3/c1-4-8-16-10(3)14-17-12-9-11(15)6-7-13(12)18(14)5-2/h6-7,9-10,16H,4-5,8H2,1-3H3. The minimum atomic E-state index is -0.232. The molecular weight excluding hydrogens is 229 g/mol. The lowest BCUT2D eigenvalue weighted by molar-refractivity contribution is 0.521. The average molecular weight is 249 g/mol. The van der Waals surface area contributed by atoms with Crippen molar-refractivity contribution in [2.24, 2.45) is 0 Å². The molecule has 0 aliphatic heterocycles. The number of nitrogens with zero attached hydrogens (tertiary/aromatic N) is 2. The summed E-state index contributed by atoms with van der Waals surface area (Å²) < 4.78 is 15.4. The lowest BCUT2D eigenvalue weighted by atomic mass is 10.3. The molecule has 1 N–H and O–H groups in total. The quantitative estimate of drug-likeness (QED) is 0.881. The zero-order valence-corrected chi connectivity index (χ0v) is 11.2. The fraction of sp³-hybridized carbons (Fsp3) is 0.500. The highest BCUT2D eigenvalue weighted by Crippen LogP contribution is 2.21. The summed E-state index contributed by atoms with van der Waals surface area (Å²) in [5.74, 6) is 0.746. The summed E-state index contributed by atoms with van der Waals surface area (Å²) in [5, 5.41) is 3.42. The van der Waals surface area contributed by atoms with Crippen LogP contribution in [0.4, 0.5) is 4.39 Å². The molecule has 0 saturated carbocycles. The van der Waals surface area contributed by atoms with Gasteiger partial charge in [-0.25, -0.2) is 9.37 Å². The van der Waals surface area contributed by atoms with Crippen LogP contribution in [0.15, 0.2) is 18.2 Å². The maximum Gasteiger partial charge on any atom is 0.126 e. The molecule has 0 aliphatic carbocycles. The first-order valence-corrected chi connectivity index (χ1v) is 6.56. The fourth-order valence-electron chi connectivity index (χ4n) is 2.24. The van der Waals surface area contributed by atoms with Gasteiger partial charge in [0.1, 0.15) is 11.6 Å². The van der Waals surface area contributed by atoms with E-state index >= 15 is 0 Å². The predicted molar refractivity (Wildman–Crippen MR) is 72.1 cm³/mol. The smallest absolute Gasteiger partial charge is 0.126 e. The van der Waals surface area contributed by atoms with Crippen molar-refractivity contribution >= 4 is 11.0 Å². The molecule has 1 unspecified atom stereocenters. The van der Waals surface area contributed by atoms with E-state index in [1.165, 1.54) is 12.1 Å². The van der Waals surface area contributed by atoms with Crippen LogP contribution in [0.25, 0.3) is 11.0 Å². The molecule has 1 aromatic carbocycles. The van der Waals surface area contributed by atoms with Crippen molar-refractivity contribution in [3.63, 3.8) is 0 Å². The van der Waals surface area contributed by atoms with E-state index in [1.54, 1.807) is 6.07 Å². The highest BCUT2D eigenvalue weighted by Gasteiger charge is 2.15. The second-order valence-corrected chi connectivity index (χ2v) is 4.52. The maximum atomic E-state index is 13.2. The molecule has 0 saturated heterocycles. The second-order valence-electron chi connectivity index (χ2n) is 4.52. The number of aryl methyl sites for hydroxylation is 1. The number of benzene rings is 1. The van der Waals surface area contributed by atoms with Gasteiger partial charge in [-0.1, -0.05) is 6.92 Å². The highest BCUT2D eigenvalue weighted by atomic mass is 19.1. The van der Waals surface area contributed by atoms with Crippen LogP contribution in [0, 0.1) is 5.82 Å². The molecule has 0 bridgehead atoms. The van der Waals surface area contributed by atoms with Gasteiger partial charge in [-0.3, -0.25) is 0 Å². The van der Waals surface area contributed by atoms with E-state index in [0.29, 0.717) is 0 Å². The molecule has 0 radical (unpaired) electrons. The van der Waals surface area contributed by atoms with Gasteiger partial charge in [0, 0.05) is 12.6 Å². The van der Waals surface area contributed by atoms with Crippen molar-refractivity contribution in [3.8, 4) is 0 Å². The van der Waals surface area contributed by atoms with Gasteiger partial charge in [0.05, 0.1) is 17.1 Å². The molecule has 0 spiro atoms. The third kappa shape index (κ3) is 2.38. The number of hydrogen-bond acceptors (Lipinski definition) is 2. The van der Waals surface area contributed by atoms with Crippen LogP contribution in [-0.4, -0.2) is 16.1 Å². The zero-order chi connectivity index (χ0) is 13.1. The second kappa shape index (κ2) is 5.48. The minimum absolute atomic E-state index is 0.181. The Labute approximate surface area is 107 Å². The topological polar surface area (TPSA) is 29.9 Å². The average Bonchev–Trinajstić information content (AvgIpc) is 2.73. The Morgan fingerprint density at radius 3 is 2.83 bits per heavy atom. The van der Waals surface area contributed by atoms with E-state index < -0.39 is 0 Å². The largest absolute Gasteiger partial charge is 0.327 e. The van der Waals surface area contributed by atoms with Crippen molar-refractivity contribution in [3.05, 3.63) is 29.8 Å². The Morgan fingerprint density at radius 1 is 1.39 bits per heavy atom. The molecule has 0 aliphatic rings. The van der Waals surface area contributed by atoms with Gasteiger partial charge < -0.3 is 9.88 Å². The summed E-state index contributed by atoms with van der Waals surface area (Å²) in [6, 6.07) is 4.97. The van der Waals surface area contributed by atoms with E-state index in [9.17, 15) is 4.39 Å². The summed E-state index contributed by atoms with van der Waals surface area (Å²) in [6.07, 6.45) is 1.09. The zero-order valence-electron chi connectivity index (χ0n) is 11.2. The normalized spacial score (nSPS) is 13.1. The maximum absolute atomic E-state index is 13.2. The van der Waals surface area contributed by atoms with E-state index in [-0.39, 0.29) is 11.9 Å². The molecule has 1 aromatic heterocycles. The number of hydrogen-bond donors (Lipinski definition) is 1. The molecule has 98 valence electrons. The molecule has 2 aromatic rings. The van der Waals surface area contributed by atoms with Crippen LogP contribution >= 0.6 is 0 Å². The highest BCUT2D eigenvalue weighted by molar-refractivity contribution is 5.76. The number of fused-ring (bicyclic) bond motifs is 1. The van der Waals surface area contributed by atoms with E-state index in [2.05, 4.69) is 35.6 Å². The predicted octanol–water partition coefficient (Wildman–Crippen LogP) is 3.26. The number of rotatable bonds is 5. The van der Waals surface area contributed by atoms with Crippen LogP contribution in [-0.2, 0) is 6.54 Å². The Hall–Kier alpha value is -1.42. The van der Waals surface area contributed by atoms with Gasteiger partial charge in [0.25, 0.3) is 0 Å². The lowest BCUT2D eigenvalue weighted by Gasteiger charge is -2.14. The third-order valence-corrected chi connectivity index (χ3v) is 3.14. The van der Waals surface area contributed by atoms with Crippen LogP contribution < -0.4 is 5.32 Å². The van der Waals surface area contributed by atoms with Crippen LogP contribution in [0.1, 0.15) is 39.1 Å². The van der Waals surface area contributed by atoms with Crippen LogP contribution in [0.2, 0.25) is 0 Å². The first-order chi connectivity index (χ1) is 8.67. The van der Waals surface area contributed by atoms with Gasteiger partial charge in [-0.05, 0) is 38.9 Å². The third-order valence-electron chi connectivity index (χ3n) is 3.14. The van der Waals surface area contributed by atoms with Gasteiger partial charge in [0.2, 0.25) is 0 Å². The number of aromatic nitrogens is 2. The van der Waals surface area contributed by atoms with Crippen molar-refractivity contribution in [2.45, 2.75) is 39.8 Å². The molecule has 0 fully saturated rings. The van der Waals surface area contributed by atoms with Crippen molar-refractivity contribution in [1.29, 1.82) is 0 Å².